The first-order valence-electron chi connectivity index (χ1n) is 7.08. The number of hydrogen-bond donors (Lipinski definition) is 0. The molecule has 0 saturated heterocycles. The second kappa shape index (κ2) is 5.64. The molecule has 0 saturated carbocycles. The largest absolute Gasteiger partial charge is 0.496 e. The van der Waals surface area contributed by atoms with Crippen LogP contribution in [0.5, 0.6) is 5.75 Å². The van der Waals surface area contributed by atoms with Crippen molar-refractivity contribution in [2.24, 2.45) is 0 Å². The van der Waals surface area contributed by atoms with Gasteiger partial charge in [0, 0.05) is 5.56 Å². The molecule has 1 aliphatic rings. The Labute approximate surface area is 128 Å². The van der Waals surface area contributed by atoms with Gasteiger partial charge in [-0.15, -0.1) is 0 Å². The Balaban J connectivity index is 1.87. The van der Waals surface area contributed by atoms with Crippen LogP contribution < -0.4 is 4.74 Å². The molecule has 4 nitrogen and oxygen atoms in total. The van der Waals surface area contributed by atoms with Gasteiger partial charge in [-0.1, -0.05) is 29.8 Å². The minimum atomic E-state index is -0.526. The van der Waals surface area contributed by atoms with E-state index < -0.39 is 6.10 Å². The van der Waals surface area contributed by atoms with Crippen molar-refractivity contribution in [2.75, 3.05) is 7.11 Å². The minimum absolute atomic E-state index is 0.102. The summed E-state index contributed by atoms with van der Waals surface area (Å²) in [7, 11) is 1.53. The van der Waals surface area contributed by atoms with Crippen molar-refractivity contribution in [1.82, 2.24) is 0 Å². The Morgan fingerprint density at radius 1 is 1.23 bits per heavy atom. The SMILES string of the molecule is COc1ccc(C)cc1C(=O)CC1OC(=O)c2ccccc21. The van der Waals surface area contributed by atoms with Gasteiger partial charge < -0.3 is 9.47 Å². The van der Waals surface area contributed by atoms with Gasteiger partial charge in [-0.3, -0.25) is 4.79 Å². The lowest BCUT2D eigenvalue weighted by Crippen LogP contribution is -2.09. The zero-order chi connectivity index (χ0) is 15.7. The maximum atomic E-state index is 12.6. The second-order valence-electron chi connectivity index (χ2n) is 5.31. The first-order chi connectivity index (χ1) is 10.6. The quantitative estimate of drug-likeness (QED) is 0.640. The second-order valence-corrected chi connectivity index (χ2v) is 5.31. The van der Waals surface area contributed by atoms with Gasteiger partial charge in [0.05, 0.1) is 24.7 Å². The number of methoxy groups -OCH3 is 1. The number of benzene rings is 2. The number of ketones is 1. The van der Waals surface area contributed by atoms with Crippen molar-refractivity contribution in [3.05, 3.63) is 64.7 Å². The summed E-state index contributed by atoms with van der Waals surface area (Å²) in [5.41, 5.74) is 2.81. The molecule has 1 unspecified atom stereocenters. The van der Waals surface area contributed by atoms with Gasteiger partial charge in [0.2, 0.25) is 0 Å². The fourth-order valence-corrected chi connectivity index (χ4v) is 2.69. The van der Waals surface area contributed by atoms with E-state index in [0.29, 0.717) is 16.9 Å². The zero-order valence-electron chi connectivity index (χ0n) is 12.5. The van der Waals surface area contributed by atoms with Gasteiger partial charge in [0.15, 0.2) is 5.78 Å². The average molecular weight is 296 g/mol. The lowest BCUT2D eigenvalue weighted by atomic mass is 9.97. The van der Waals surface area contributed by atoms with Crippen molar-refractivity contribution in [2.45, 2.75) is 19.4 Å². The molecule has 1 atom stereocenters. The highest BCUT2D eigenvalue weighted by Gasteiger charge is 2.32. The molecule has 0 fully saturated rings. The number of cyclic esters (lactones) is 1. The molecule has 112 valence electrons. The molecule has 3 rings (SSSR count). The molecule has 0 N–H and O–H groups in total. The zero-order valence-corrected chi connectivity index (χ0v) is 12.5. The van der Waals surface area contributed by atoms with E-state index in [1.165, 1.54) is 7.11 Å². The Morgan fingerprint density at radius 3 is 2.77 bits per heavy atom. The fraction of sp³-hybridized carbons (Fsp3) is 0.222. The molecule has 22 heavy (non-hydrogen) atoms. The van der Waals surface area contributed by atoms with E-state index in [1.807, 2.05) is 25.1 Å². The molecular weight excluding hydrogens is 280 g/mol. The van der Waals surface area contributed by atoms with Gasteiger partial charge in [-0.2, -0.15) is 0 Å². The highest BCUT2D eigenvalue weighted by molar-refractivity contribution is 6.00. The normalized spacial score (nSPS) is 16.1. The average Bonchev–Trinajstić information content (AvgIpc) is 2.84. The van der Waals surface area contributed by atoms with Crippen molar-refractivity contribution < 1.29 is 19.1 Å². The van der Waals surface area contributed by atoms with E-state index >= 15 is 0 Å². The lowest BCUT2D eigenvalue weighted by molar-refractivity contribution is 0.0367. The standard InChI is InChI=1S/C18H16O4/c1-11-7-8-16(21-2)14(9-11)15(19)10-17-12-5-3-4-6-13(12)18(20)22-17/h3-9,17H,10H2,1-2H3. The number of aryl methyl sites for hydroxylation is 1. The molecule has 0 aromatic heterocycles. The van der Waals surface area contributed by atoms with Crippen LogP contribution in [0.1, 0.15) is 44.4 Å². The number of fused-ring (bicyclic) bond motifs is 1. The van der Waals surface area contributed by atoms with Crippen LogP contribution in [0.3, 0.4) is 0 Å². The van der Waals surface area contributed by atoms with Crippen molar-refractivity contribution in [1.29, 1.82) is 0 Å². The molecular formula is C18H16O4. The van der Waals surface area contributed by atoms with E-state index in [0.717, 1.165) is 11.1 Å². The highest BCUT2D eigenvalue weighted by atomic mass is 16.5. The topological polar surface area (TPSA) is 52.6 Å². The summed E-state index contributed by atoms with van der Waals surface area (Å²) in [6.45, 7) is 1.92. The number of carbonyl (C=O) groups excluding carboxylic acids is 2. The fourth-order valence-electron chi connectivity index (χ4n) is 2.69. The number of carbonyl (C=O) groups is 2. The number of esters is 1. The smallest absolute Gasteiger partial charge is 0.339 e. The number of Topliss-reactive ketones (excluding diaryl/α,β-unsaturated/α-hetero) is 1. The summed E-state index contributed by atoms with van der Waals surface area (Å²) in [5, 5.41) is 0. The first kappa shape index (κ1) is 14.3. The third kappa shape index (κ3) is 2.48. The van der Waals surface area contributed by atoms with E-state index in [-0.39, 0.29) is 18.2 Å². The minimum Gasteiger partial charge on any atom is -0.496 e. The van der Waals surface area contributed by atoms with E-state index in [1.54, 1.807) is 24.3 Å². The number of hydrogen-bond acceptors (Lipinski definition) is 4. The van der Waals surface area contributed by atoms with Crippen molar-refractivity contribution in [3.8, 4) is 5.75 Å². The maximum Gasteiger partial charge on any atom is 0.339 e. The number of ether oxygens (including phenoxy) is 2. The summed E-state index contributed by atoms with van der Waals surface area (Å²) < 4.78 is 10.6. The van der Waals surface area contributed by atoms with Crippen LogP contribution in [0, 0.1) is 6.92 Å². The van der Waals surface area contributed by atoms with Gasteiger partial charge >= 0.3 is 5.97 Å². The predicted molar refractivity (Wildman–Crippen MR) is 81.3 cm³/mol. The molecule has 4 heteroatoms. The molecule has 0 radical (unpaired) electrons. The highest BCUT2D eigenvalue weighted by Crippen LogP contribution is 2.34. The summed E-state index contributed by atoms with van der Waals surface area (Å²) in [6.07, 6.45) is -0.413. The van der Waals surface area contributed by atoms with E-state index in [2.05, 4.69) is 0 Å². The van der Waals surface area contributed by atoms with Crippen LogP contribution in [0.4, 0.5) is 0 Å². The van der Waals surface area contributed by atoms with Crippen LogP contribution in [0.25, 0.3) is 0 Å². The van der Waals surface area contributed by atoms with Crippen LogP contribution in [-0.2, 0) is 4.74 Å². The Hall–Kier alpha value is -2.62. The number of rotatable bonds is 4. The van der Waals surface area contributed by atoms with Gasteiger partial charge in [-0.05, 0) is 25.1 Å². The van der Waals surface area contributed by atoms with Crippen molar-refractivity contribution in [3.63, 3.8) is 0 Å². The molecule has 0 spiro atoms. The third-order valence-electron chi connectivity index (χ3n) is 3.80. The van der Waals surface area contributed by atoms with E-state index in [4.69, 9.17) is 9.47 Å². The monoisotopic (exact) mass is 296 g/mol. The summed E-state index contributed by atoms with van der Waals surface area (Å²) in [4.78, 5) is 24.4. The Kier molecular flexibility index (Phi) is 3.67. The lowest BCUT2D eigenvalue weighted by Gasteiger charge is -2.12. The van der Waals surface area contributed by atoms with Gasteiger partial charge in [0.25, 0.3) is 0 Å². The van der Waals surface area contributed by atoms with Crippen molar-refractivity contribution >= 4 is 11.8 Å². The summed E-state index contributed by atoms with van der Waals surface area (Å²) >= 11 is 0. The Bertz CT molecular complexity index is 749. The summed E-state index contributed by atoms with van der Waals surface area (Å²) in [6, 6.07) is 12.6. The van der Waals surface area contributed by atoms with Gasteiger partial charge in [-0.25, -0.2) is 4.79 Å². The van der Waals surface area contributed by atoms with Crippen LogP contribution in [-0.4, -0.2) is 18.9 Å². The van der Waals surface area contributed by atoms with Crippen LogP contribution in [0.15, 0.2) is 42.5 Å². The Morgan fingerprint density at radius 2 is 2.00 bits per heavy atom. The van der Waals surface area contributed by atoms with Crippen LogP contribution in [0.2, 0.25) is 0 Å². The molecule has 1 aliphatic heterocycles. The summed E-state index contributed by atoms with van der Waals surface area (Å²) in [5.74, 6) is 0.0628. The first-order valence-corrected chi connectivity index (χ1v) is 7.08. The van der Waals surface area contributed by atoms with Gasteiger partial charge in [0.1, 0.15) is 11.9 Å². The predicted octanol–water partition coefficient (Wildman–Crippen LogP) is 3.49. The molecule has 0 amide bonds. The molecule has 0 aliphatic carbocycles. The molecule has 1 heterocycles. The molecule has 0 bridgehead atoms. The van der Waals surface area contributed by atoms with Crippen LogP contribution >= 0.6 is 0 Å². The molecule has 2 aromatic rings. The molecule has 2 aromatic carbocycles. The third-order valence-corrected chi connectivity index (χ3v) is 3.80. The van der Waals surface area contributed by atoms with E-state index in [9.17, 15) is 9.59 Å². The maximum absolute atomic E-state index is 12.6.